The minimum Gasteiger partial charge on any atom is -0.496 e. The van der Waals surface area contributed by atoms with Gasteiger partial charge in [0.25, 0.3) is 0 Å². The molecule has 0 saturated carbocycles. The summed E-state index contributed by atoms with van der Waals surface area (Å²) in [7, 11) is 1.65. The highest BCUT2D eigenvalue weighted by atomic mass is 79.9. The molecule has 2 N–H and O–H groups in total. The van der Waals surface area contributed by atoms with Gasteiger partial charge in [0, 0.05) is 11.6 Å². The lowest BCUT2D eigenvalue weighted by molar-refractivity contribution is 0.262. The summed E-state index contributed by atoms with van der Waals surface area (Å²) in [5, 5.41) is 0. The number of benzene rings is 1. The second kappa shape index (κ2) is 3.79. The molecular formula is C10H12BrNO2. The Morgan fingerprint density at radius 3 is 3.07 bits per heavy atom. The van der Waals surface area contributed by atoms with Crippen LogP contribution >= 0.6 is 15.9 Å². The second-order valence-electron chi connectivity index (χ2n) is 3.33. The van der Waals surface area contributed by atoms with E-state index in [0.717, 1.165) is 28.0 Å². The SMILES string of the molecule is COc1ccc2c(c1Br)C[C@H](N)CO2. The van der Waals surface area contributed by atoms with Crippen LogP contribution in [-0.4, -0.2) is 19.8 Å². The first-order valence-corrected chi connectivity index (χ1v) is 5.25. The molecule has 0 radical (unpaired) electrons. The molecule has 0 fully saturated rings. The fourth-order valence-electron chi connectivity index (χ4n) is 1.58. The van der Waals surface area contributed by atoms with E-state index in [2.05, 4.69) is 15.9 Å². The molecule has 0 unspecified atom stereocenters. The minimum absolute atomic E-state index is 0.0749. The van der Waals surface area contributed by atoms with Gasteiger partial charge in [-0.2, -0.15) is 0 Å². The number of fused-ring (bicyclic) bond motifs is 1. The van der Waals surface area contributed by atoms with Crippen molar-refractivity contribution in [3.63, 3.8) is 0 Å². The molecule has 1 aliphatic rings. The molecule has 1 aromatic rings. The van der Waals surface area contributed by atoms with Gasteiger partial charge in [-0.15, -0.1) is 0 Å². The number of ether oxygens (including phenoxy) is 2. The molecule has 0 bridgehead atoms. The zero-order valence-electron chi connectivity index (χ0n) is 7.92. The molecule has 4 heteroatoms. The average Bonchev–Trinajstić information content (AvgIpc) is 2.20. The van der Waals surface area contributed by atoms with Crippen LogP contribution in [0, 0.1) is 0 Å². The Balaban J connectivity index is 2.45. The van der Waals surface area contributed by atoms with Gasteiger partial charge in [0.05, 0.1) is 11.6 Å². The predicted molar refractivity (Wildman–Crippen MR) is 57.9 cm³/mol. The number of hydrogen-bond acceptors (Lipinski definition) is 3. The molecule has 0 saturated heterocycles. The van der Waals surface area contributed by atoms with Crippen LogP contribution < -0.4 is 15.2 Å². The predicted octanol–water partition coefficient (Wildman–Crippen LogP) is 1.72. The molecule has 2 rings (SSSR count). The third kappa shape index (κ3) is 1.60. The van der Waals surface area contributed by atoms with E-state index in [1.165, 1.54) is 0 Å². The Bertz CT molecular complexity index is 354. The van der Waals surface area contributed by atoms with Gasteiger partial charge >= 0.3 is 0 Å². The topological polar surface area (TPSA) is 44.5 Å². The van der Waals surface area contributed by atoms with E-state index in [1.807, 2.05) is 12.1 Å². The summed E-state index contributed by atoms with van der Waals surface area (Å²) in [5.41, 5.74) is 6.92. The smallest absolute Gasteiger partial charge is 0.133 e. The van der Waals surface area contributed by atoms with Gasteiger partial charge in [-0.1, -0.05) is 0 Å². The van der Waals surface area contributed by atoms with E-state index < -0.39 is 0 Å². The summed E-state index contributed by atoms with van der Waals surface area (Å²) in [5.74, 6) is 1.72. The third-order valence-electron chi connectivity index (χ3n) is 2.30. The Hall–Kier alpha value is -0.740. The molecule has 1 aliphatic heterocycles. The average molecular weight is 258 g/mol. The maximum atomic E-state index is 5.82. The maximum Gasteiger partial charge on any atom is 0.133 e. The third-order valence-corrected chi connectivity index (χ3v) is 3.17. The monoisotopic (exact) mass is 257 g/mol. The molecule has 0 aliphatic carbocycles. The number of methoxy groups -OCH3 is 1. The van der Waals surface area contributed by atoms with E-state index in [-0.39, 0.29) is 6.04 Å². The van der Waals surface area contributed by atoms with Crippen LogP contribution in [0.2, 0.25) is 0 Å². The molecule has 1 atom stereocenters. The molecule has 0 amide bonds. The fraction of sp³-hybridized carbons (Fsp3) is 0.400. The maximum absolute atomic E-state index is 5.82. The van der Waals surface area contributed by atoms with Crippen molar-refractivity contribution < 1.29 is 9.47 Å². The summed E-state index contributed by atoms with van der Waals surface area (Å²) in [6.07, 6.45) is 0.827. The van der Waals surface area contributed by atoms with Crippen molar-refractivity contribution in [3.8, 4) is 11.5 Å². The van der Waals surface area contributed by atoms with Crippen LogP contribution in [0.1, 0.15) is 5.56 Å². The minimum atomic E-state index is 0.0749. The highest BCUT2D eigenvalue weighted by molar-refractivity contribution is 9.10. The zero-order valence-corrected chi connectivity index (χ0v) is 9.50. The highest BCUT2D eigenvalue weighted by Crippen LogP contribution is 2.37. The number of hydrogen-bond donors (Lipinski definition) is 1. The summed E-state index contributed by atoms with van der Waals surface area (Å²) in [4.78, 5) is 0. The van der Waals surface area contributed by atoms with E-state index >= 15 is 0 Å². The number of rotatable bonds is 1. The largest absolute Gasteiger partial charge is 0.496 e. The summed E-state index contributed by atoms with van der Waals surface area (Å²) in [6, 6.07) is 3.88. The van der Waals surface area contributed by atoms with Gasteiger partial charge in [0.15, 0.2) is 0 Å². The van der Waals surface area contributed by atoms with Crippen LogP contribution in [0.15, 0.2) is 16.6 Å². The van der Waals surface area contributed by atoms with E-state index in [4.69, 9.17) is 15.2 Å². The van der Waals surface area contributed by atoms with Crippen LogP contribution in [0.25, 0.3) is 0 Å². The zero-order chi connectivity index (χ0) is 10.1. The van der Waals surface area contributed by atoms with Crippen molar-refractivity contribution in [2.45, 2.75) is 12.5 Å². The first kappa shape index (κ1) is 9.80. The lowest BCUT2D eigenvalue weighted by Crippen LogP contribution is -2.34. The second-order valence-corrected chi connectivity index (χ2v) is 4.13. The van der Waals surface area contributed by atoms with Crippen LogP contribution in [0.4, 0.5) is 0 Å². The van der Waals surface area contributed by atoms with Gasteiger partial charge in [0.2, 0.25) is 0 Å². The Labute approximate surface area is 91.3 Å². The highest BCUT2D eigenvalue weighted by Gasteiger charge is 2.20. The van der Waals surface area contributed by atoms with Crippen molar-refractivity contribution in [1.82, 2.24) is 0 Å². The summed E-state index contributed by atoms with van der Waals surface area (Å²) in [6.45, 7) is 0.589. The standard InChI is InChI=1S/C10H12BrNO2/c1-13-9-3-2-8-7(10(9)11)4-6(12)5-14-8/h2-3,6H,4-5,12H2,1H3/t6-/m0/s1. The van der Waals surface area contributed by atoms with Gasteiger partial charge in [-0.05, 0) is 34.5 Å². The summed E-state index contributed by atoms with van der Waals surface area (Å²) < 4.78 is 11.7. The van der Waals surface area contributed by atoms with Gasteiger partial charge in [-0.25, -0.2) is 0 Å². The first-order valence-electron chi connectivity index (χ1n) is 4.46. The summed E-state index contributed by atoms with van der Waals surface area (Å²) >= 11 is 3.49. The van der Waals surface area contributed by atoms with Crippen LogP contribution in [-0.2, 0) is 6.42 Å². The molecule has 14 heavy (non-hydrogen) atoms. The number of nitrogens with two attached hydrogens (primary N) is 1. The molecule has 0 aromatic heterocycles. The van der Waals surface area contributed by atoms with Crippen LogP contribution in [0.5, 0.6) is 11.5 Å². The fourth-order valence-corrected chi connectivity index (χ4v) is 2.23. The Morgan fingerprint density at radius 1 is 1.57 bits per heavy atom. The van der Waals surface area contributed by atoms with Crippen LogP contribution in [0.3, 0.4) is 0 Å². The van der Waals surface area contributed by atoms with Crippen molar-refractivity contribution in [3.05, 3.63) is 22.2 Å². The molecule has 0 spiro atoms. The van der Waals surface area contributed by atoms with Crippen molar-refractivity contribution in [1.29, 1.82) is 0 Å². The van der Waals surface area contributed by atoms with Crippen molar-refractivity contribution >= 4 is 15.9 Å². The quantitative estimate of drug-likeness (QED) is 0.834. The number of halogens is 1. The molecule has 1 aromatic carbocycles. The molecule has 76 valence electrons. The van der Waals surface area contributed by atoms with Crippen molar-refractivity contribution in [2.75, 3.05) is 13.7 Å². The van der Waals surface area contributed by atoms with E-state index in [0.29, 0.717) is 6.61 Å². The Kier molecular flexibility index (Phi) is 2.65. The van der Waals surface area contributed by atoms with Crippen molar-refractivity contribution in [2.24, 2.45) is 5.73 Å². The molecule has 1 heterocycles. The van der Waals surface area contributed by atoms with E-state index in [1.54, 1.807) is 7.11 Å². The normalized spacial score (nSPS) is 19.8. The van der Waals surface area contributed by atoms with Gasteiger partial charge in [0.1, 0.15) is 18.1 Å². The molecule has 3 nitrogen and oxygen atoms in total. The lowest BCUT2D eigenvalue weighted by Gasteiger charge is -2.24. The van der Waals surface area contributed by atoms with Gasteiger partial charge in [-0.3, -0.25) is 0 Å². The van der Waals surface area contributed by atoms with E-state index in [9.17, 15) is 0 Å². The first-order chi connectivity index (χ1) is 6.72. The lowest BCUT2D eigenvalue weighted by atomic mass is 10.0. The Morgan fingerprint density at radius 2 is 2.36 bits per heavy atom. The van der Waals surface area contributed by atoms with Gasteiger partial charge < -0.3 is 15.2 Å². The molecular weight excluding hydrogens is 246 g/mol.